The Hall–Kier alpha value is -4.17. The Labute approximate surface area is 316 Å². The molecule has 0 saturated heterocycles. The van der Waals surface area contributed by atoms with Crippen molar-refractivity contribution in [2.24, 2.45) is 0 Å². The average molecular weight is 759 g/mol. The van der Waals surface area contributed by atoms with Gasteiger partial charge in [0.25, 0.3) is 20.2 Å². The molecule has 0 saturated carbocycles. The Morgan fingerprint density at radius 1 is 0.765 bits per heavy atom. The van der Waals surface area contributed by atoms with Crippen LogP contribution in [0.3, 0.4) is 0 Å². The molecule has 14 nitrogen and oxygen atoms in total. The van der Waals surface area contributed by atoms with E-state index in [4.69, 9.17) is 10.7 Å². The standard InChI is InChI=1S/C33H29N5O9S3.Na/c1-2-37(20-21-4-3-5-27(16-21)49(42,43)44)25-10-15-30-32(19-25)38(24-8-11-26(12-9-24)48(39,40)41)31-17-22(7-14-29(31)36-30)35-23-6-13-28(34)33(18-23)50(45,46)47;/h3-19H,2,20H2,1H3,(H5,34,36,39,40,41,42,43,44,45,46,47);. The van der Waals surface area contributed by atoms with Gasteiger partial charge < -0.3 is 20.5 Å². The molecule has 0 aliphatic carbocycles. The molecule has 0 bridgehead atoms. The minimum absolute atomic E-state index is 0. The van der Waals surface area contributed by atoms with Crippen LogP contribution < -0.4 is 20.5 Å². The van der Waals surface area contributed by atoms with Gasteiger partial charge in [0.15, 0.2) is 0 Å². The third-order valence-electron chi connectivity index (χ3n) is 7.94. The van der Waals surface area contributed by atoms with Gasteiger partial charge in [0.05, 0.1) is 15.5 Å². The number of hydrogen-bond acceptors (Lipinski definition) is 11. The van der Waals surface area contributed by atoms with Crippen LogP contribution in [-0.4, -0.2) is 80.0 Å². The molecule has 6 rings (SSSR count). The van der Waals surface area contributed by atoms with E-state index in [0.717, 1.165) is 5.69 Å². The summed E-state index contributed by atoms with van der Waals surface area (Å²) >= 11 is 0. The molecule has 259 valence electrons. The summed E-state index contributed by atoms with van der Waals surface area (Å²) in [5.74, 6) is 0. The number of rotatable bonds is 10. The second kappa shape index (κ2) is 14.5. The van der Waals surface area contributed by atoms with Gasteiger partial charge in [-0.3, -0.25) is 9.11 Å². The zero-order valence-electron chi connectivity index (χ0n) is 27.1. The van der Waals surface area contributed by atoms with Crippen molar-refractivity contribution in [2.45, 2.75) is 28.2 Å². The Bertz CT molecular complexity index is 2640. The summed E-state index contributed by atoms with van der Waals surface area (Å²) in [7, 11) is -13.7. The monoisotopic (exact) mass is 758 g/mol. The van der Waals surface area contributed by atoms with Crippen molar-refractivity contribution < 1.29 is 43.5 Å². The van der Waals surface area contributed by atoms with Gasteiger partial charge in [0.2, 0.25) is 16.7 Å². The van der Waals surface area contributed by atoms with Crippen LogP contribution in [0.2, 0.25) is 0 Å². The van der Waals surface area contributed by atoms with E-state index in [9.17, 15) is 38.9 Å². The van der Waals surface area contributed by atoms with Crippen molar-refractivity contribution >= 4 is 105 Å². The Balaban J connectivity index is 0.00000504. The van der Waals surface area contributed by atoms with Crippen LogP contribution in [0.25, 0.3) is 27.8 Å². The first-order chi connectivity index (χ1) is 23.5. The number of nitrogens with two attached hydrogens (primary N) is 1. The van der Waals surface area contributed by atoms with Gasteiger partial charge in [-0.25, -0.2) is 13.4 Å². The van der Waals surface area contributed by atoms with Crippen LogP contribution in [0.4, 0.5) is 22.7 Å². The van der Waals surface area contributed by atoms with E-state index < -0.39 is 40.1 Å². The number of anilines is 4. The normalized spacial score (nSPS) is 12.1. The smallest absolute Gasteiger partial charge is 0.296 e. The summed E-state index contributed by atoms with van der Waals surface area (Å²) in [4.78, 5) is 5.73. The summed E-state index contributed by atoms with van der Waals surface area (Å²) in [5, 5.41) is 3.11. The Kier molecular flexibility index (Phi) is 10.8. The molecule has 6 aromatic rings. The maximum Gasteiger partial charge on any atom is 0.296 e. The van der Waals surface area contributed by atoms with Crippen LogP contribution in [0.1, 0.15) is 12.5 Å². The molecule has 18 heteroatoms. The van der Waals surface area contributed by atoms with E-state index in [1.54, 1.807) is 36.4 Å². The summed E-state index contributed by atoms with van der Waals surface area (Å²) in [6.07, 6.45) is 0. The van der Waals surface area contributed by atoms with Gasteiger partial charge in [-0.05, 0) is 79.2 Å². The molecule has 0 fully saturated rings. The predicted molar refractivity (Wildman–Crippen MR) is 191 cm³/mol. The number of nitrogens with one attached hydrogen (secondary N) is 1. The van der Waals surface area contributed by atoms with Gasteiger partial charge in [0, 0.05) is 84.0 Å². The van der Waals surface area contributed by atoms with Crippen molar-refractivity contribution in [3.05, 3.63) is 109 Å². The first-order valence-corrected chi connectivity index (χ1v) is 19.1. The zero-order chi connectivity index (χ0) is 36.0. The third kappa shape index (κ3) is 8.33. The van der Waals surface area contributed by atoms with Gasteiger partial charge in [-0.2, -0.15) is 16.8 Å². The molecular formula is C33H29N5NaO9S3. The van der Waals surface area contributed by atoms with Crippen molar-refractivity contribution in [3.8, 4) is 5.69 Å². The van der Waals surface area contributed by atoms with E-state index in [0.29, 0.717) is 57.8 Å². The van der Waals surface area contributed by atoms with Crippen molar-refractivity contribution in [1.82, 2.24) is 4.98 Å². The molecule has 0 spiro atoms. The molecule has 0 atom stereocenters. The SMILES string of the molecule is CCN(Cc1cccc(S(=O)(=O)O)c1)c1ccc2nc3ccc(Nc4ccc(N)c(S(=O)(=O)O)c4)cc3[n+](-c3ccc(S(=O)(=O)[O-])cc3)c2c1.[Na]. The van der Waals surface area contributed by atoms with Gasteiger partial charge >= 0.3 is 0 Å². The van der Waals surface area contributed by atoms with Gasteiger partial charge in [-0.1, -0.05) is 12.1 Å². The number of benzene rings is 5. The van der Waals surface area contributed by atoms with E-state index >= 15 is 0 Å². The molecule has 1 radical (unpaired) electrons. The fraction of sp³-hybridized carbons (Fsp3) is 0.0909. The van der Waals surface area contributed by atoms with Crippen LogP contribution in [0.15, 0.2) is 118 Å². The van der Waals surface area contributed by atoms with Crippen molar-refractivity contribution in [1.29, 1.82) is 0 Å². The molecule has 51 heavy (non-hydrogen) atoms. The number of nitrogen functional groups attached to an aromatic ring is 1. The predicted octanol–water partition coefficient (Wildman–Crippen LogP) is 4.03. The largest absolute Gasteiger partial charge is 0.744 e. The number of nitrogens with zero attached hydrogens (tertiary/aromatic N) is 3. The Morgan fingerprint density at radius 3 is 2.02 bits per heavy atom. The molecule has 0 aliphatic rings. The van der Waals surface area contributed by atoms with Crippen molar-refractivity contribution in [3.63, 3.8) is 0 Å². The molecule has 0 amide bonds. The molecule has 0 aliphatic heterocycles. The maximum absolute atomic E-state index is 11.8. The van der Waals surface area contributed by atoms with Crippen molar-refractivity contribution in [2.75, 3.05) is 22.5 Å². The topological polar surface area (TPSA) is 224 Å². The van der Waals surface area contributed by atoms with Crippen LogP contribution in [0.5, 0.6) is 0 Å². The van der Waals surface area contributed by atoms with Crippen LogP contribution in [0, 0.1) is 0 Å². The first-order valence-electron chi connectivity index (χ1n) is 14.8. The minimum atomic E-state index is -4.72. The molecule has 1 heterocycles. The maximum atomic E-state index is 11.8. The number of fused-ring (bicyclic) bond motifs is 2. The second-order valence-corrected chi connectivity index (χ2v) is 15.5. The van der Waals surface area contributed by atoms with E-state index in [2.05, 4.69) is 5.32 Å². The second-order valence-electron chi connectivity index (χ2n) is 11.3. The molecule has 5 aromatic carbocycles. The molecule has 5 N–H and O–H groups in total. The third-order valence-corrected chi connectivity index (χ3v) is 10.5. The van der Waals surface area contributed by atoms with Gasteiger partial charge in [-0.15, -0.1) is 4.57 Å². The summed E-state index contributed by atoms with van der Waals surface area (Å²) < 4.78 is 103. The van der Waals surface area contributed by atoms with Crippen LogP contribution in [-0.2, 0) is 36.9 Å². The average Bonchev–Trinajstić information content (AvgIpc) is 3.06. The fourth-order valence-electron chi connectivity index (χ4n) is 5.57. The van der Waals surface area contributed by atoms with Gasteiger partial charge in [0.1, 0.15) is 26.0 Å². The fourth-order valence-corrected chi connectivity index (χ4v) is 7.23. The van der Waals surface area contributed by atoms with Crippen LogP contribution >= 0.6 is 0 Å². The molecule has 0 unspecified atom stereocenters. The Morgan fingerprint density at radius 2 is 1.39 bits per heavy atom. The number of hydrogen-bond donors (Lipinski definition) is 4. The first kappa shape index (κ1) is 38.1. The minimum Gasteiger partial charge on any atom is -0.744 e. The van der Waals surface area contributed by atoms with E-state index in [1.807, 2.05) is 34.6 Å². The zero-order valence-corrected chi connectivity index (χ0v) is 31.6. The van der Waals surface area contributed by atoms with E-state index in [1.165, 1.54) is 48.5 Å². The molecular weight excluding hydrogens is 730 g/mol. The van der Waals surface area contributed by atoms with E-state index in [-0.39, 0.29) is 40.1 Å². The quantitative estimate of drug-likeness (QED) is 0.0510. The summed E-state index contributed by atoms with van der Waals surface area (Å²) in [6, 6.07) is 26.2. The molecule has 1 aromatic heterocycles. The summed E-state index contributed by atoms with van der Waals surface area (Å²) in [6.45, 7) is 2.73. The number of aromatic nitrogens is 2. The summed E-state index contributed by atoms with van der Waals surface area (Å²) in [5.41, 5.74) is 10.6.